The second-order valence-electron chi connectivity index (χ2n) is 9.28. The van der Waals surface area contributed by atoms with Crippen LogP contribution in [0.5, 0.6) is 5.75 Å². The minimum Gasteiger partial charge on any atom is -0.489 e. The first kappa shape index (κ1) is 21.5. The first-order chi connectivity index (χ1) is 17.2. The number of methoxy groups -OCH3 is 1. The molecular formula is C31H27NO3. The van der Waals surface area contributed by atoms with E-state index in [2.05, 4.69) is 78.1 Å². The van der Waals surface area contributed by atoms with E-state index in [-0.39, 0.29) is 17.9 Å². The van der Waals surface area contributed by atoms with E-state index >= 15 is 0 Å². The lowest BCUT2D eigenvalue weighted by Crippen LogP contribution is -2.30. The molecule has 3 atom stereocenters. The average molecular weight is 462 g/mol. The Labute approximate surface area is 205 Å². The van der Waals surface area contributed by atoms with Crippen molar-refractivity contribution >= 4 is 22.4 Å². The standard InChI is InChI=1S/C31H27NO3/c1-34-31(33)28-11-5-10-27-25-8-4-9-26(25)29(32-30(27)28)22-14-16-24(17-15-22)35-19-20-12-13-21-6-2-3-7-23(21)18-20/h2-8,10-18,25-26,29,32H,9,19H2,1H3/t25-,26+,29+/m1/s1. The molecule has 0 unspecified atom stereocenters. The van der Waals surface area contributed by atoms with Crippen LogP contribution in [-0.4, -0.2) is 13.1 Å². The van der Waals surface area contributed by atoms with Crippen LogP contribution < -0.4 is 10.1 Å². The second kappa shape index (κ2) is 8.95. The van der Waals surface area contributed by atoms with Crippen molar-refractivity contribution in [3.05, 3.63) is 119 Å². The van der Waals surface area contributed by atoms with Gasteiger partial charge < -0.3 is 14.8 Å². The Bertz CT molecular complexity index is 1420. The summed E-state index contributed by atoms with van der Waals surface area (Å²) in [4.78, 5) is 12.4. The number of carbonyl (C=O) groups excluding carboxylic acids is 1. The number of carbonyl (C=O) groups is 1. The van der Waals surface area contributed by atoms with Crippen molar-refractivity contribution in [3.63, 3.8) is 0 Å². The highest BCUT2D eigenvalue weighted by molar-refractivity contribution is 5.97. The number of hydrogen-bond donors (Lipinski definition) is 1. The fraction of sp³-hybridized carbons (Fsp3) is 0.194. The minimum absolute atomic E-state index is 0.0999. The highest BCUT2D eigenvalue weighted by atomic mass is 16.5. The van der Waals surface area contributed by atoms with Crippen molar-refractivity contribution in [2.75, 3.05) is 12.4 Å². The van der Waals surface area contributed by atoms with Crippen molar-refractivity contribution in [1.29, 1.82) is 0 Å². The fourth-order valence-corrected chi connectivity index (χ4v) is 5.50. The summed E-state index contributed by atoms with van der Waals surface area (Å²) >= 11 is 0. The van der Waals surface area contributed by atoms with Gasteiger partial charge in [-0.1, -0.05) is 72.8 Å². The minimum atomic E-state index is -0.314. The molecule has 4 aromatic rings. The summed E-state index contributed by atoms with van der Waals surface area (Å²) in [6, 6.07) is 29.1. The summed E-state index contributed by atoms with van der Waals surface area (Å²) in [6.07, 6.45) is 5.54. The maximum atomic E-state index is 12.4. The normalized spacial score (nSPS) is 20.1. The Morgan fingerprint density at radius 2 is 1.77 bits per heavy atom. The van der Waals surface area contributed by atoms with Crippen LogP contribution in [0.2, 0.25) is 0 Å². The molecule has 35 heavy (non-hydrogen) atoms. The third-order valence-electron chi connectivity index (χ3n) is 7.26. The van der Waals surface area contributed by atoms with Gasteiger partial charge in [-0.3, -0.25) is 0 Å². The van der Waals surface area contributed by atoms with Gasteiger partial charge in [0.25, 0.3) is 0 Å². The first-order valence-corrected chi connectivity index (χ1v) is 12.1. The third-order valence-corrected chi connectivity index (χ3v) is 7.26. The lowest BCUT2D eigenvalue weighted by Gasteiger charge is -2.38. The van der Waals surface area contributed by atoms with Gasteiger partial charge in [-0.15, -0.1) is 0 Å². The molecule has 0 spiro atoms. The number of anilines is 1. The van der Waals surface area contributed by atoms with Crippen LogP contribution in [0.15, 0.2) is 97.1 Å². The smallest absolute Gasteiger partial charge is 0.339 e. The zero-order valence-corrected chi connectivity index (χ0v) is 19.6. The van der Waals surface area contributed by atoms with Gasteiger partial charge in [-0.2, -0.15) is 0 Å². The average Bonchev–Trinajstić information content (AvgIpc) is 3.41. The second-order valence-corrected chi connectivity index (χ2v) is 9.28. The molecule has 2 aliphatic rings. The molecular weight excluding hydrogens is 434 g/mol. The predicted molar refractivity (Wildman–Crippen MR) is 139 cm³/mol. The van der Waals surface area contributed by atoms with E-state index in [9.17, 15) is 4.79 Å². The molecule has 0 aromatic heterocycles. The molecule has 0 saturated heterocycles. The molecule has 4 aromatic carbocycles. The molecule has 174 valence electrons. The molecule has 1 aliphatic carbocycles. The zero-order chi connectivity index (χ0) is 23.8. The Morgan fingerprint density at radius 3 is 2.60 bits per heavy atom. The molecule has 1 aliphatic heterocycles. The Balaban J connectivity index is 1.22. The molecule has 0 radical (unpaired) electrons. The number of fused-ring (bicyclic) bond motifs is 4. The summed E-state index contributed by atoms with van der Waals surface area (Å²) in [6.45, 7) is 0.524. The molecule has 1 heterocycles. The Kier molecular flexibility index (Phi) is 5.49. The number of allylic oxidation sites excluding steroid dienone is 2. The topological polar surface area (TPSA) is 47.6 Å². The van der Waals surface area contributed by atoms with Crippen LogP contribution in [0, 0.1) is 5.92 Å². The van der Waals surface area contributed by atoms with Gasteiger partial charge in [0.05, 0.1) is 24.4 Å². The fourth-order valence-electron chi connectivity index (χ4n) is 5.50. The molecule has 0 bridgehead atoms. The van der Waals surface area contributed by atoms with E-state index < -0.39 is 0 Å². The van der Waals surface area contributed by atoms with E-state index in [0.29, 0.717) is 18.1 Å². The zero-order valence-electron chi connectivity index (χ0n) is 19.6. The quantitative estimate of drug-likeness (QED) is 0.256. The summed E-state index contributed by atoms with van der Waals surface area (Å²) in [5, 5.41) is 6.14. The van der Waals surface area contributed by atoms with Crippen LogP contribution in [0.1, 0.15) is 45.4 Å². The van der Waals surface area contributed by atoms with Crippen LogP contribution in [0.3, 0.4) is 0 Å². The molecule has 1 N–H and O–H groups in total. The van der Waals surface area contributed by atoms with Crippen molar-refractivity contribution in [2.45, 2.75) is 25.0 Å². The van der Waals surface area contributed by atoms with Crippen molar-refractivity contribution in [2.24, 2.45) is 5.92 Å². The van der Waals surface area contributed by atoms with Gasteiger partial charge in [-0.05, 0) is 64.1 Å². The summed E-state index contributed by atoms with van der Waals surface area (Å²) in [5.41, 5.74) is 4.97. The molecule has 4 nitrogen and oxygen atoms in total. The number of benzene rings is 4. The van der Waals surface area contributed by atoms with E-state index in [0.717, 1.165) is 23.4 Å². The van der Waals surface area contributed by atoms with Crippen molar-refractivity contribution in [3.8, 4) is 5.75 Å². The van der Waals surface area contributed by atoms with E-state index in [4.69, 9.17) is 9.47 Å². The van der Waals surface area contributed by atoms with Crippen LogP contribution in [0.25, 0.3) is 10.8 Å². The van der Waals surface area contributed by atoms with Gasteiger partial charge in [-0.25, -0.2) is 4.79 Å². The maximum Gasteiger partial charge on any atom is 0.339 e. The van der Waals surface area contributed by atoms with Gasteiger partial charge in [0, 0.05) is 5.92 Å². The maximum absolute atomic E-state index is 12.4. The number of hydrogen-bond acceptors (Lipinski definition) is 4. The SMILES string of the molecule is COC(=O)c1cccc2c1N[C@@H](c1ccc(OCc3ccc4ccccc4c3)cc1)[C@H]1CC=C[C@@H]21. The lowest BCUT2D eigenvalue weighted by molar-refractivity contribution is 0.0601. The number of nitrogens with one attached hydrogen (secondary N) is 1. The van der Waals surface area contributed by atoms with Gasteiger partial charge >= 0.3 is 5.97 Å². The van der Waals surface area contributed by atoms with Crippen molar-refractivity contribution < 1.29 is 14.3 Å². The van der Waals surface area contributed by atoms with E-state index in [1.807, 2.05) is 24.3 Å². The first-order valence-electron chi connectivity index (χ1n) is 12.1. The summed E-state index contributed by atoms with van der Waals surface area (Å²) in [7, 11) is 1.43. The number of esters is 1. The van der Waals surface area contributed by atoms with Crippen LogP contribution >= 0.6 is 0 Å². The summed E-state index contributed by atoms with van der Waals surface area (Å²) in [5.74, 6) is 1.21. The van der Waals surface area contributed by atoms with Gasteiger partial charge in [0.15, 0.2) is 0 Å². The van der Waals surface area contributed by atoms with Gasteiger partial charge in [0.1, 0.15) is 12.4 Å². The molecule has 4 heteroatoms. The lowest BCUT2D eigenvalue weighted by atomic mass is 9.76. The third kappa shape index (κ3) is 3.95. The predicted octanol–water partition coefficient (Wildman–Crippen LogP) is 7.03. The number of rotatable bonds is 5. The van der Waals surface area contributed by atoms with E-state index in [1.54, 1.807) is 0 Å². The molecule has 0 amide bonds. The molecule has 0 saturated carbocycles. The summed E-state index contributed by atoms with van der Waals surface area (Å²) < 4.78 is 11.1. The number of para-hydroxylation sites is 1. The van der Waals surface area contributed by atoms with E-state index in [1.165, 1.54) is 29.0 Å². The molecule has 6 rings (SSSR count). The van der Waals surface area contributed by atoms with Crippen LogP contribution in [-0.2, 0) is 11.3 Å². The molecule has 0 fully saturated rings. The highest BCUT2D eigenvalue weighted by Gasteiger charge is 2.39. The number of ether oxygens (including phenoxy) is 2. The largest absolute Gasteiger partial charge is 0.489 e. The Morgan fingerprint density at radius 1 is 0.943 bits per heavy atom. The highest BCUT2D eigenvalue weighted by Crippen LogP contribution is 2.50. The monoisotopic (exact) mass is 461 g/mol. The van der Waals surface area contributed by atoms with Crippen molar-refractivity contribution in [1.82, 2.24) is 0 Å². The van der Waals surface area contributed by atoms with Gasteiger partial charge in [0.2, 0.25) is 0 Å². The van der Waals surface area contributed by atoms with Crippen LogP contribution in [0.4, 0.5) is 5.69 Å². The Hall–Kier alpha value is -4.05.